The Balaban J connectivity index is 5.89. The highest BCUT2D eigenvalue weighted by molar-refractivity contribution is 5.96. The Labute approximate surface area is 275 Å². The van der Waals surface area contributed by atoms with Crippen molar-refractivity contribution in [3.8, 4) is 0 Å². The molecule has 0 aromatic heterocycles. The quantitative estimate of drug-likeness (QED) is 0.0544. The molecule has 12 N–H and O–H groups in total. The van der Waals surface area contributed by atoms with Gasteiger partial charge in [0.25, 0.3) is 0 Å². The molecule has 0 bridgehead atoms. The van der Waals surface area contributed by atoms with Gasteiger partial charge in [-0.3, -0.25) is 28.8 Å². The Morgan fingerprint density at radius 1 is 0.638 bits per heavy atom. The maximum atomic E-state index is 13.3. The largest absolute Gasteiger partial charge is 0.481 e. The smallest absolute Gasteiger partial charge is 0.328 e. The predicted molar refractivity (Wildman–Crippen MR) is 171 cm³/mol. The number of nitrogens with two attached hydrogens (primary N) is 2. The Hall–Kier alpha value is -3.83. The number of carbonyl (C=O) groups is 7. The van der Waals surface area contributed by atoms with Gasteiger partial charge >= 0.3 is 11.9 Å². The van der Waals surface area contributed by atoms with Gasteiger partial charge in [0, 0.05) is 6.42 Å². The Bertz CT molecular complexity index is 1070. The lowest BCUT2D eigenvalue weighted by atomic mass is 9.95. The minimum absolute atomic E-state index is 0.0242. The molecule has 0 spiro atoms. The zero-order valence-corrected chi connectivity index (χ0v) is 28.2. The molecule has 0 fully saturated rings. The molecule has 0 aliphatic heterocycles. The number of hydrogen-bond acceptors (Lipinski definition) is 10. The summed E-state index contributed by atoms with van der Waals surface area (Å²) in [4.78, 5) is 88.1. The van der Waals surface area contributed by atoms with Crippen LogP contribution in [0.1, 0.15) is 86.5 Å². The molecule has 0 rings (SSSR count). The predicted octanol–water partition coefficient (Wildman–Crippen LogP) is -1.69. The molecular weight excluding hydrogens is 618 g/mol. The van der Waals surface area contributed by atoms with Crippen molar-refractivity contribution in [1.29, 1.82) is 0 Å². The molecule has 0 aromatic carbocycles. The maximum absolute atomic E-state index is 13.3. The van der Waals surface area contributed by atoms with E-state index in [1.165, 1.54) is 13.8 Å². The number of nitrogens with one attached hydrogen (secondary N) is 5. The number of amides is 5. The van der Waals surface area contributed by atoms with Crippen molar-refractivity contribution >= 4 is 41.5 Å². The summed E-state index contributed by atoms with van der Waals surface area (Å²) < 4.78 is 0. The number of aliphatic carboxylic acids is 2. The van der Waals surface area contributed by atoms with Gasteiger partial charge in [0.2, 0.25) is 29.5 Å². The minimum Gasteiger partial charge on any atom is -0.481 e. The lowest BCUT2D eigenvalue weighted by Gasteiger charge is -2.28. The number of aliphatic hydroxyl groups is 1. The molecule has 0 aromatic rings. The molecule has 0 saturated carbocycles. The Morgan fingerprint density at radius 2 is 1.15 bits per heavy atom. The van der Waals surface area contributed by atoms with Crippen molar-refractivity contribution in [3.05, 3.63) is 0 Å². The molecular formula is C30H55N7O10. The minimum atomic E-state index is -1.67. The van der Waals surface area contributed by atoms with E-state index in [0.717, 1.165) is 0 Å². The highest BCUT2D eigenvalue weighted by Crippen LogP contribution is 2.12. The summed E-state index contributed by atoms with van der Waals surface area (Å²) in [5.74, 6) is -7.12. The third-order valence-corrected chi connectivity index (χ3v) is 8.01. The van der Waals surface area contributed by atoms with E-state index in [1.807, 2.05) is 20.8 Å². The van der Waals surface area contributed by atoms with Crippen LogP contribution in [-0.4, -0.2) is 106 Å². The summed E-state index contributed by atoms with van der Waals surface area (Å²) in [6, 6.07) is -7.55. The van der Waals surface area contributed by atoms with Gasteiger partial charge in [0.05, 0.1) is 12.1 Å². The summed E-state index contributed by atoms with van der Waals surface area (Å²) in [6.45, 7) is 10.0. The molecule has 0 saturated heterocycles. The van der Waals surface area contributed by atoms with E-state index in [1.54, 1.807) is 6.92 Å². The van der Waals surface area contributed by atoms with E-state index >= 15 is 0 Å². The summed E-state index contributed by atoms with van der Waals surface area (Å²) in [6.07, 6.45) is -0.369. The maximum Gasteiger partial charge on any atom is 0.328 e. The van der Waals surface area contributed by atoms with Gasteiger partial charge in [0.15, 0.2) is 6.04 Å². The SMILES string of the molecule is CC[C@H](C)[C@H](N)C(=O)N[C@H](C(=O)N[C@@H](C)C(=O)N[C@@H](CCC(=O)O)C(=O)N[C@@H](CCCCN)C(=O)N[C@H](C(=O)O)[C@@H](C)O)[C@@H](C)CC. The van der Waals surface area contributed by atoms with Crippen molar-refractivity contribution in [3.63, 3.8) is 0 Å². The van der Waals surface area contributed by atoms with Crippen LogP contribution in [0.3, 0.4) is 0 Å². The van der Waals surface area contributed by atoms with Crippen LogP contribution in [0.2, 0.25) is 0 Å². The van der Waals surface area contributed by atoms with E-state index < -0.39 is 90.3 Å². The first-order chi connectivity index (χ1) is 21.9. The average molecular weight is 674 g/mol. The molecule has 5 amide bonds. The van der Waals surface area contributed by atoms with Gasteiger partial charge in [0.1, 0.15) is 24.2 Å². The monoisotopic (exact) mass is 673 g/mol. The first kappa shape index (κ1) is 43.2. The van der Waals surface area contributed by atoms with Crippen molar-refractivity contribution in [1.82, 2.24) is 26.6 Å². The van der Waals surface area contributed by atoms with Crippen LogP contribution < -0.4 is 38.1 Å². The van der Waals surface area contributed by atoms with E-state index in [-0.39, 0.29) is 31.2 Å². The van der Waals surface area contributed by atoms with Gasteiger partial charge in [-0.15, -0.1) is 0 Å². The zero-order chi connectivity index (χ0) is 36.4. The normalized spacial score (nSPS) is 16.9. The van der Waals surface area contributed by atoms with E-state index in [2.05, 4.69) is 26.6 Å². The average Bonchev–Trinajstić information content (AvgIpc) is 3.01. The van der Waals surface area contributed by atoms with E-state index in [0.29, 0.717) is 25.7 Å². The molecule has 0 unspecified atom stereocenters. The van der Waals surface area contributed by atoms with Crippen LogP contribution in [-0.2, 0) is 33.6 Å². The molecule has 0 aliphatic rings. The fraction of sp³-hybridized carbons (Fsp3) is 0.767. The molecule has 0 aliphatic carbocycles. The highest BCUT2D eigenvalue weighted by Gasteiger charge is 2.34. The van der Waals surface area contributed by atoms with Gasteiger partial charge in [-0.1, -0.05) is 40.5 Å². The van der Waals surface area contributed by atoms with Crippen molar-refractivity contribution in [2.75, 3.05) is 6.54 Å². The van der Waals surface area contributed by atoms with Gasteiger partial charge < -0.3 is 53.4 Å². The topological polar surface area (TPSA) is 292 Å². The van der Waals surface area contributed by atoms with Crippen molar-refractivity contribution in [2.45, 2.75) is 129 Å². The fourth-order valence-electron chi connectivity index (χ4n) is 4.34. The third-order valence-electron chi connectivity index (χ3n) is 8.01. The van der Waals surface area contributed by atoms with Crippen LogP contribution in [0.5, 0.6) is 0 Å². The number of rotatable bonds is 23. The number of hydrogen-bond donors (Lipinski definition) is 10. The lowest BCUT2D eigenvalue weighted by Crippen LogP contribution is -2.60. The summed E-state index contributed by atoms with van der Waals surface area (Å²) in [5.41, 5.74) is 11.6. The summed E-state index contributed by atoms with van der Waals surface area (Å²) in [5, 5.41) is 40.5. The first-order valence-corrected chi connectivity index (χ1v) is 16.0. The Kier molecular flexibility index (Phi) is 20.1. The van der Waals surface area contributed by atoms with Crippen LogP contribution in [0.25, 0.3) is 0 Å². The summed E-state index contributed by atoms with van der Waals surface area (Å²) >= 11 is 0. The van der Waals surface area contributed by atoms with Crippen LogP contribution in [0, 0.1) is 11.8 Å². The number of unbranched alkanes of at least 4 members (excludes halogenated alkanes) is 1. The van der Waals surface area contributed by atoms with Crippen LogP contribution in [0.15, 0.2) is 0 Å². The molecule has 270 valence electrons. The highest BCUT2D eigenvalue weighted by atomic mass is 16.4. The van der Waals surface area contributed by atoms with Crippen molar-refractivity contribution < 1.29 is 48.9 Å². The van der Waals surface area contributed by atoms with E-state index in [9.17, 15) is 48.9 Å². The van der Waals surface area contributed by atoms with Gasteiger partial charge in [-0.25, -0.2) is 4.79 Å². The zero-order valence-electron chi connectivity index (χ0n) is 28.2. The summed E-state index contributed by atoms with van der Waals surface area (Å²) in [7, 11) is 0. The first-order valence-electron chi connectivity index (χ1n) is 16.0. The molecule has 0 heterocycles. The lowest BCUT2D eigenvalue weighted by molar-refractivity contribution is -0.145. The van der Waals surface area contributed by atoms with Crippen molar-refractivity contribution in [2.24, 2.45) is 23.3 Å². The second-order valence-corrected chi connectivity index (χ2v) is 11.9. The molecule has 47 heavy (non-hydrogen) atoms. The molecule has 0 radical (unpaired) electrons. The third kappa shape index (κ3) is 15.5. The van der Waals surface area contributed by atoms with E-state index in [4.69, 9.17) is 11.5 Å². The number of carboxylic acid groups (broad SMARTS) is 2. The second-order valence-electron chi connectivity index (χ2n) is 11.9. The molecule has 9 atom stereocenters. The number of aliphatic hydroxyl groups excluding tert-OH is 1. The molecule has 17 nitrogen and oxygen atoms in total. The van der Waals surface area contributed by atoms with Crippen LogP contribution in [0.4, 0.5) is 0 Å². The standard InChI is InChI=1S/C30H55N7O10/c1-7-15(3)22(32)28(44)36-23(16(4)8-2)29(45)33-17(5)25(41)34-20(12-13-21(39)40)26(42)35-19(11-9-10-14-31)27(43)37-24(18(6)38)30(46)47/h15-20,22-24,38H,7-14,31-32H2,1-6H3,(H,33,45)(H,34,41)(H,35,42)(H,36,44)(H,37,43)(H,39,40)(H,46,47)/t15-,16-,17-,18+,19-,20-,22-,23-,24-/m0/s1. The Morgan fingerprint density at radius 3 is 1.64 bits per heavy atom. The molecule has 17 heteroatoms. The second kappa shape index (κ2) is 21.9. The van der Waals surface area contributed by atoms with Gasteiger partial charge in [-0.2, -0.15) is 0 Å². The number of carbonyl (C=O) groups excluding carboxylic acids is 5. The van der Waals surface area contributed by atoms with Crippen LogP contribution >= 0.6 is 0 Å². The van der Waals surface area contributed by atoms with Gasteiger partial charge in [-0.05, 0) is 57.9 Å². The fourth-order valence-corrected chi connectivity index (χ4v) is 4.34. The number of carboxylic acids is 2.